The number of allylic oxidation sites excluding steroid dienone is 4. The van der Waals surface area contributed by atoms with Crippen LogP contribution in [-0.2, 0) is 19.1 Å². The standard InChI is InChI=1S/C13H16O4S/c1-16-12(14)8-4-5-9-13(15)17-10-6-2-3-7-11(10)18/h2-3,6H,4-5,7-9H2,1H3. The van der Waals surface area contributed by atoms with Gasteiger partial charge in [-0.1, -0.05) is 24.4 Å². The smallest absolute Gasteiger partial charge is 0.311 e. The highest BCUT2D eigenvalue weighted by atomic mass is 32.1. The third-order valence-corrected chi connectivity index (χ3v) is 2.79. The Kier molecular flexibility index (Phi) is 6.28. The Morgan fingerprint density at radius 1 is 1.28 bits per heavy atom. The average molecular weight is 268 g/mol. The van der Waals surface area contributed by atoms with Crippen molar-refractivity contribution in [2.45, 2.75) is 32.1 Å². The maximum Gasteiger partial charge on any atom is 0.311 e. The molecule has 1 aliphatic carbocycles. The van der Waals surface area contributed by atoms with E-state index in [4.69, 9.17) is 17.0 Å². The zero-order valence-electron chi connectivity index (χ0n) is 10.3. The van der Waals surface area contributed by atoms with Crippen LogP contribution in [0.3, 0.4) is 0 Å². The second-order valence-corrected chi connectivity index (χ2v) is 4.34. The molecular weight excluding hydrogens is 252 g/mol. The number of carbonyl (C=O) groups is 2. The molecule has 0 spiro atoms. The van der Waals surface area contributed by atoms with Crippen molar-refractivity contribution in [1.82, 2.24) is 0 Å². The van der Waals surface area contributed by atoms with E-state index in [1.165, 1.54) is 7.11 Å². The van der Waals surface area contributed by atoms with Crippen LogP contribution >= 0.6 is 12.2 Å². The van der Waals surface area contributed by atoms with Gasteiger partial charge < -0.3 is 9.47 Å². The lowest BCUT2D eigenvalue weighted by Gasteiger charge is -2.10. The Morgan fingerprint density at radius 3 is 2.56 bits per heavy atom. The van der Waals surface area contributed by atoms with Crippen LogP contribution in [0.2, 0.25) is 0 Å². The predicted octanol–water partition coefficient (Wildman–Crippen LogP) is 2.48. The van der Waals surface area contributed by atoms with Gasteiger partial charge in [0.15, 0.2) is 0 Å². The fourth-order valence-corrected chi connectivity index (χ4v) is 1.64. The number of rotatable bonds is 6. The first kappa shape index (κ1) is 14.6. The van der Waals surface area contributed by atoms with E-state index in [9.17, 15) is 9.59 Å². The van der Waals surface area contributed by atoms with E-state index >= 15 is 0 Å². The first-order valence-electron chi connectivity index (χ1n) is 5.81. The second kappa shape index (κ2) is 7.76. The summed E-state index contributed by atoms with van der Waals surface area (Å²) in [5, 5.41) is 0. The maximum absolute atomic E-state index is 11.5. The van der Waals surface area contributed by atoms with Gasteiger partial charge in [0, 0.05) is 19.3 Å². The van der Waals surface area contributed by atoms with Gasteiger partial charge in [-0.2, -0.15) is 0 Å². The van der Waals surface area contributed by atoms with E-state index in [1.54, 1.807) is 6.08 Å². The normalized spacial score (nSPS) is 14.1. The number of ether oxygens (including phenoxy) is 2. The summed E-state index contributed by atoms with van der Waals surface area (Å²) in [7, 11) is 1.35. The van der Waals surface area contributed by atoms with Crippen LogP contribution in [0.5, 0.6) is 0 Å². The van der Waals surface area contributed by atoms with Crippen molar-refractivity contribution in [3.63, 3.8) is 0 Å². The molecule has 4 nitrogen and oxygen atoms in total. The number of methoxy groups -OCH3 is 1. The minimum atomic E-state index is -0.316. The molecule has 0 bridgehead atoms. The second-order valence-electron chi connectivity index (χ2n) is 3.84. The van der Waals surface area contributed by atoms with Crippen molar-refractivity contribution >= 4 is 29.0 Å². The van der Waals surface area contributed by atoms with Crippen LogP contribution in [0.4, 0.5) is 0 Å². The number of hydrogen-bond acceptors (Lipinski definition) is 5. The van der Waals surface area contributed by atoms with Gasteiger partial charge in [0.05, 0.1) is 12.0 Å². The Labute approximate surface area is 112 Å². The molecule has 0 unspecified atom stereocenters. The van der Waals surface area contributed by atoms with Crippen LogP contribution in [0.15, 0.2) is 24.0 Å². The summed E-state index contributed by atoms with van der Waals surface area (Å²) in [4.78, 5) is 23.0. The Balaban J connectivity index is 2.22. The molecule has 18 heavy (non-hydrogen) atoms. The van der Waals surface area contributed by atoms with Crippen LogP contribution < -0.4 is 0 Å². The molecule has 0 N–H and O–H groups in total. The van der Waals surface area contributed by atoms with Crippen LogP contribution in [0, 0.1) is 0 Å². The minimum absolute atomic E-state index is 0.260. The zero-order valence-corrected chi connectivity index (χ0v) is 11.1. The third-order valence-electron chi connectivity index (χ3n) is 2.43. The quantitative estimate of drug-likeness (QED) is 0.421. The molecule has 0 aromatic heterocycles. The third kappa shape index (κ3) is 5.23. The molecule has 1 rings (SSSR count). The molecule has 0 atom stereocenters. The summed E-state index contributed by atoms with van der Waals surface area (Å²) in [5.41, 5.74) is 0. The summed E-state index contributed by atoms with van der Waals surface area (Å²) in [6.45, 7) is 0. The first-order chi connectivity index (χ1) is 8.63. The van der Waals surface area contributed by atoms with Gasteiger partial charge in [-0.05, 0) is 18.9 Å². The molecule has 5 heteroatoms. The number of thiocarbonyl (C=S) groups is 1. The lowest BCUT2D eigenvalue weighted by atomic mass is 10.1. The van der Waals surface area contributed by atoms with Crippen molar-refractivity contribution in [2.75, 3.05) is 7.11 Å². The molecule has 1 aliphatic rings. The maximum atomic E-state index is 11.5. The number of carbonyl (C=O) groups excluding carboxylic acids is 2. The van der Waals surface area contributed by atoms with E-state index in [0.29, 0.717) is 36.3 Å². The monoisotopic (exact) mass is 268 g/mol. The van der Waals surface area contributed by atoms with Gasteiger partial charge in [-0.15, -0.1) is 0 Å². The fraction of sp³-hybridized carbons (Fsp3) is 0.462. The molecule has 0 aromatic carbocycles. The van der Waals surface area contributed by atoms with Crippen LogP contribution in [-0.4, -0.2) is 23.9 Å². The highest BCUT2D eigenvalue weighted by Crippen LogP contribution is 2.13. The van der Waals surface area contributed by atoms with Gasteiger partial charge in [0.1, 0.15) is 5.76 Å². The molecule has 98 valence electrons. The summed E-state index contributed by atoms with van der Waals surface area (Å²) in [6.07, 6.45) is 7.88. The molecular formula is C13H16O4S. The number of esters is 2. The van der Waals surface area contributed by atoms with Gasteiger partial charge in [0.2, 0.25) is 0 Å². The van der Waals surface area contributed by atoms with Crippen LogP contribution in [0.1, 0.15) is 32.1 Å². The summed E-state index contributed by atoms with van der Waals surface area (Å²) >= 11 is 5.07. The summed E-state index contributed by atoms with van der Waals surface area (Å²) < 4.78 is 9.65. The lowest BCUT2D eigenvalue weighted by Crippen LogP contribution is -2.11. The number of hydrogen-bond donors (Lipinski definition) is 0. The van der Waals surface area contributed by atoms with Gasteiger partial charge >= 0.3 is 11.9 Å². The first-order valence-corrected chi connectivity index (χ1v) is 6.22. The molecule has 0 radical (unpaired) electrons. The van der Waals surface area contributed by atoms with E-state index in [-0.39, 0.29) is 18.4 Å². The van der Waals surface area contributed by atoms with E-state index < -0.39 is 0 Å². The van der Waals surface area contributed by atoms with Crippen molar-refractivity contribution in [2.24, 2.45) is 0 Å². The lowest BCUT2D eigenvalue weighted by molar-refractivity contribution is -0.142. The average Bonchev–Trinajstić information content (AvgIpc) is 2.37. The fourth-order valence-electron chi connectivity index (χ4n) is 1.43. The van der Waals surface area contributed by atoms with Crippen molar-refractivity contribution in [1.29, 1.82) is 0 Å². The predicted molar refractivity (Wildman–Crippen MR) is 71.0 cm³/mol. The van der Waals surface area contributed by atoms with Gasteiger partial charge in [-0.25, -0.2) is 0 Å². The molecule has 0 heterocycles. The van der Waals surface area contributed by atoms with Crippen molar-refractivity contribution in [3.05, 3.63) is 24.0 Å². The summed E-state index contributed by atoms with van der Waals surface area (Å²) in [5.74, 6) is -0.112. The molecule has 0 aliphatic heterocycles. The van der Waals surface area contributed by atoms with Crippen molar-refractivity contribution < 1.29 is 19.1 Å². The van der Waals surface area contributed by atoms with E-state index in [1.807, 2.05) is 12.2 Å². The Morgan fingerprint density at radius 2 is 1.94 bits per heavy atom. The molecule has 0 amide bonds. The largest absolute Gasteiger partial charge is 0.469 e. The Hall–Kier alpha value is -1.49. The molecule has 0 aromatic rings. The molecule has 0 saturated heterocycles. The van der Waals surface area contributed by atoms with Crippen LogP contribution in [0.25, 0.3) is 0 Å². The topological polar surface area (TPSA) is 52.6 Å². The van der Waals surface area contributed by atoms with E-state index in [0.717, 1.165) is 0 Å². The molecule has 0 saturated carbocycles. The number of unbranched alkanes of at least 4 members (excludes halogenated alkanes) is 1. The molecule has 0 fully saturated rings. The van der Waals surface area contributed by atoms with Gasteiger partial charge in [0.25, 0.3) is 0 Å². The Bertz CT molecular complexity index is 396. The van der Waals surface area contributed by atoms with E-state index in [2.05, 4.69) is 4.74 Å². The zero-order chi connectivity index (χ0) is 13.4. The summed E-state index contributed by atoms with van der Waals surface area (Å²) in [6, 6.07) is 0. The SMILES string of the molecule is COC(=O)CCCCC(=O)OC1=CC=CCC1=S. The highest BCUT2D eigenvalue weighted by molar-refractivity contribution is 7.80. The minimum Gasteiger partial charge on any atom is -0.469 e. The highest BCUT2D eigenvalue weighted by Gasteiger charge is 2.12. The van der Waals surface area contributed by atoms with Crippen molar-refractivity contribution in [3.8, 4) is 0 Å². The van der Waals surface area contributed by atoms with Gasteiger partial charge in [-0.3, -0.25) is 9.59 Å².